The van der Waals surface area contributed by atoms with E-state index in [2.05, 4.69) is 0 Å². The monoisotopic (exact) mass is 307 g/mol. The summed E-state index contributed by atoms with van der Waals surface area (Å²) in [6.07, 6.45) is 0. The fourth-order valence-electron chi connectivity index (χ4n) is 1.53. The Morgan fingerprint density at radius 3 is 2.58 bits per heavy atom. The van der Waals surface area contributed by atoms with Crippen LogP contribution in [0, 0.1) is 23.0 Å². The topological polar surface area (TPSA) is 86.5 Å². The molecule has 0 aliphatic heterocycles. The number of hydrogen-bond donors (Lipinski definition) is 0. The summed E-state index contributed by atoms with van der Waals surface area (Å²) in [7, 11) is 1.59. The van der Waals surface area contributed by atoms with Crippen LogP contribution in [0.5, 0.6) is 5.75 Å². The third kappa shape index (κ3) is 5.44. The lowest BCUT2D eigenvalue weighted by atomic mass is 10.2. The molecule has 1 aromatic rings. The zero-order chi connectivity index (χ0) is 14.6. The van der Waals surface area contributed by atoms with E-state index < -0.39 is 14.0 Å². The number of hydrogen-bond acceptors (Lipinski definition) is 5. The summed E-state index contributed by atoms with van der Waals surface area (Å²) in [5.74, 6) is 0.0436. The Labute approximate surface area is 115 Å². The van der Waals surface area contributed by atoms with E-state index in [1.165, 1.54) is 18.2 Å². The molecule has 0 amide bonds. The number of ether oxygens (including phenoxy) is 1. The molecule has 0 spiro atoms. The first kappa shape index (κ1) is 15.7. The summed E-state index contributed by atoms with van der Waals surface area (Å²) in [4.78, 5) is 10.1. The van der Waals surface area contributed by atoms with E-state index in [0.717, 1.165) is 0 Å². The maximum atomic E-state index is 10.9. The molecule has 0 bridgehead atoms. The zero-order valence-corrected chi connectivity index (χ0v) is 12.1. The zero-order valence-electron chi connectivity index (χ0n) is 10.5. The number of benzene rings is 1. The highest BCUT2D eigenvalue weighted by atomic mass is 35.7. The van der Waals surface area contributed by atoms with Gasteiger partial charge in [0.1, 0.15) is 5.75 Å². The van der Waals surface area contributed by atoms with Crippen molar-refractivity contribution < 1.29 is 18.1 Å². The quantitative estimate of drug-likeness (QED) is 0.458. The lowest BCUT2D eigenvalue weighted by molar-refractivity contribution is -0.384. The van der Waals surface area contributed by atoms with Crippen LogP contribution in [0.4, 0.5) is 5.69 Å². The molecule has 19 heavy (non-hydrogen) atoms. The lowest BCUT2D eigenvalue weighted by Gasteiger charge is -2.13. The summed E-state index contributed by atoms with van der Waals surface area (Å²) in [5, 5.41) is 10.6. The van der Waals surface area contributed by atoms with Crippen LogP contribution in [-0.2, 0) is 9.05 Å². The van der Waals surface area contributed by atoms with Crippen molar-refractivity contribution in [3.63, 3.8) is 0 Å². The number of aryl methyl sites for hydroxylation is 1. The van der Waals surface area contributed by atoms with E-state index in [1.54, 1.807) is 13.8 Å². The normalized spacial score (nSPS) is 13.0. The van der Waals surface area contributed by atoms with E-state index >= 15 is 0 Å². The van der Waals surface area contributed by atoms with Gasteiger partial charge < -0.3 is 4.74 Å². The maximum Gasteiger partial charge on any atom is 0.269 e. The van der Waals surface area contributed by atoms with Crippen LogP contribution in [0.15, 0.2) is 18.2 Å². The van der Waals surface area contributed by atoms with Crippen LogP contribution in [-0.4, -0.2) is 25.7 Å². The van der Waals surface area contributed by atoms with Gasteiger partial charge in [0, 0.05) is 28.7 Å². The summed E-state index contributed by atoms with van der Waals surface area (Å²) in [6.45, 7) is 3.55. The molecule has 0 aliphatic rings. The van der Waals surface area contributed by atoms with Gasteiger partial charge in [-0.3, -0.25) is 10.1 Å². The first-order valence-electron chi connectivity index (χ1n) is 5.49. The van der Waals surface area contributed by atoms with Crippen LogP contribution in [0.3, 0.4) is 0 Å². The molecule has 1 unspecified atom stereocenters. The van der Waals surface area contributed by atoms with Gasteiger partial charge in [0.2, 0.25) is 9.05 Å². The highest BCUT2D eigenvalue weighted by Gasteiger charge is 2.14. The number of nitro groups is 1. The van der Waals surface area contributed by atoms with Crippen molar-refractivity contribution in [3.05, 3.63) is 33.9 Å². The molecule has 106 valence electrons. The Balaban J connectivity index is 2.66. The Hall–Kier alpha value is -1.34. The second kappa shape index (κ2) is 6.21. The molecule has 1 rings (SSSR count). The fourth-order valence-corrected chi connectivity index (χ4v) is 2.95. The van der Waals surface area contributed by atoms with E-state index in [-0.39, 0.29) is 24.0 Å². The van der Waals surface area contributed by atoms with Crippen molar-refractivity contribution in [2.45, 2.75) is 13.8 Å². The Kier molecular flexibility index (Phi) is 5.13. The summed E-state index contributed by atoms with van der Waals surface area (Å²) in [6, 6.07) is 4.24. The third-order valence-electron chi connectivity index (χ3n) is 2.38. The smallest absolute Gasteiger partial charge is 0.269 e. The SMILES string of the molecule is Cc1cc([N+](=O)[O-])ccc1OCC(C)CS(=O)(=O)Cl. The molecule has 8 heteroatoms. The maximum absolute atomic E-state index is 10.9. The molecule has 0 fully saturated rings. The van der Waals surface area contributed by atoms with Gasteiger partial charge in [-0.2, -0.15) is 0 Å². The molecule has 0 aliphatic carbocycles. The van der Waals surface area contributed by atoms with Gasteiger partial charge in [-0.1, -0.05) is 6.92 Å². The fraction of sp³-hybridized carbons (Fsp3) is 0.455. The van der Waals surface area contributed by atoms with Crippen molar-refractivity contribution in [2.24, 2.45) is 5.92 Å². The predicted molar refractivity (Wildman–Crippen MR) is 72.1 cm³/mol. The summed E-state index contributed by atoms with van der Waals surface area (Å²) < 4.78 is 27.2. The van der Waals surface area contributed by atoms with Gasteiger partial charge >= 0.3 is 0 Å². The van der Waals surface area contributed by atoms with Crippen LogP contribution >= 0.6 is 10.7 Å². The number of nitrogens with zero attached hydrogens (tertiary/aromatic N) is 1. The molecule has 0 saturated heterocycles. The number of nitro benzene ring substituents is 1. The molecule has 1 atom stereocenters. The molecule has 0 radical (unpaired) electrons. The van der Waals surface area contributed by atoms with E-state index in [4.69, 9.17) is 15.4 Å². The van der Waals surface area contributed by atoms with Crippen molar-refractivity contribution in [2.75, 3.05) is 12.4 Å². The molecule has 0 N–H and O–H groups in total. The van der Waals surface area contributed by atoms with E-state index in [0.29, 0.717) is 11.3 Å². The molecular weight excluding hydrogens is 294 g/mol. The molecule has 0 saturated carbocycles. The second-order valence-corrected chi connectivity index (χ2v) is 7.15. The average molecular weight is 308 g/mol. The van der Waals surface area contributed by atoms with Gasteiger partial charge in [0.25, 0.3) is 5.69 Å². The van der Waals surface area contributed by atoms with Gasteiger partial charge in [-0.25, -0.2) is 8.42 Å². The predicted octanol–water partition coefficient (Wildman–Crippen LogP) is 2.49. The molecule has 0 heterocycles. The standard InChI is InChI=1S/C11H14ClNO5S/c1-8(7-19(12,16)17)6-18-11-4-3-10(13(14)15)5-9(11)2/h3-5,8H,6-7H2,1-2H3. The van der Waals surface area contributed by atoms with Crippen molar-refractivity contribution in [1.29, 1.82) is 0 Å². The summed E-state index contributed by atoms with van der Waals surface area (Å²) >= 11 is 0. The molecule has 0 aromatic heterocycles. The van der Waals surface area contributed by atoms with Crippen LogP contribution < -0.4 is 4.74 Å². The molecule has 6 nitrogen and oxygen atoms in total. The second-order valence-electron chi connectivity index (χ2n) is 4.33. The summed E-state index contributed by atoms with van der Waals surface area (Å²) in [5.41, 5.74) is 0.608. The number of halogens is 1. The minimum Gasteiger partial charge on any atom is -0.493 e. The van der Waals surface area contributed by atoms with Gasteiger partial charge in [-0.15, -0.1) is 0 Å². The highest BCUT2D eigenvalue weighted by molar-refractivity contribution is 8.13. The first-order valence-corrected chi connectivity index (χ1v) is 7.97. The average Bonchev–Trinajstić information content (AvgIpc) is 2.24. The van der Waals surface area contributed by atoms with Crippen LogP contribution in [0.2, 0.25) is 0 Å². The third-order valence-corrected chi connectivity index (χ3v) is 3.72. The van der Waals surface area contributed by atoms with Crippen molar-refractivity contribution >= 4 is 25.4 Å². The lowest BCUT2D eigenvalue weighted by Crippen LogP contribution is -2.16. The highest BCUT2D eigenvalue weighted by Crippen LogP contribution is 2.23. The van der Waals surface area contributed by atoms with Gasteiger partial charge in [0.15, 0.2) is 0 Å². The van der Waals surface area contributed by atoms with Crippen molar-refractivity contribution in [3.8, 4) is 5.75 Å². The van der Waals surface area contributed by atoms with E-state index in [1.807, 2.05) is 0 Å². The number of rotatable bonds is 6. The molecular formula is C11H14ClNO5S. The minimum absolute atomic E-state index is 0.0127. The first-order chi connectivity index (χ1) is 8.69. The largest absolute Gasteiger partial charge is 0.493 e. The van der Waals surface area contributed by atoms with Gasteiger partial charge in [0.05, 0.1) is 17.3 Å². The minimum atomic E-state index is -3.55. The van der Waals surface area contributed by atoms with Gasteiger partial charge in [-0.05, 0) is 18.6 Å². The Bertz CT molecular complexity index is 572. The van der Waals surface area contributed by atoms with Crippen LogP contribution in [0.1, 0.15) is 12.5 Å². The van der Waals surface area contributed by atoms with E-state index in [9.17, 15) is 18.5 Å². The Morgan fingerprint density at radius 1 is 1.47 bits per heavy atom. The molecule has 1 aromatic carbocycles. The van der Waals surface area contributed by atoms with Crippen molar-refractivity contribution in [1.82, 2.24) is 0 Å². The Morgan fingerprint density at radius 2 is 2.11 bits per heavy atom. The number of non-ortho nitro benzene ring substituents is 1. The van der Waals surface area contributed by atoms with Crippen LogP contribution in [0.25, 0.3) is 0 Å².